The van der Waals surface area contributed by atoms with Crippen molar-refractivity contribution in [3.8, 4) is 46.0 Å². The summed E-state index contributed by atoms with van der Waals surface area (Å²) in [6.07, 6.45) is -1.72. The molecule has 0 aliphatic carbocycles. The molecule has 12 nitrogen and oxygen atoms in total. The van der Waals surface area contributed by atoms with E-state index in [4.69, 9.17) is 47.4 Å². The van der Waals surface area contributed by atoms with Crippen LogP contribution in [-0.4, -0.2) is 77.5 Å². The molecule has 47 heavy (non-hydrogen) atoms. The Morgan fingerprint density at radius 3 is 1.62 bits per heavy atom. The van der Waals surface area contributed by atoms with E-state index >= 15 is 0 Å². The normalized spacial score (nSPS) is 26.4. The number of rotatable bonds is 10. The average molecular weight is 655 g/mol. The molecular formula is C35H42O12. The number of benzene rings is 3. The monoisotopic (exact) mass is 654 g/mol. The molecule has 0 saturated carbocycles. The molecule has 12 heteroatoms. The first-order valence-electron chi connectivity index (χ1n) is 15.4. The molecule has 3 fully saturated rings. The maximum Gasteiger partial charge on any atom is 0.204 e. The van der Waals surface area contributed by atoms with Gasteiger partial charge in [-0.25, -0.2) is 0 Å². The summed E-state index contributed by atoms with van der Waals surface area (Å²) in [7, 11) is 7.64. The zero-order chi connectivity index (χ0) is 33.5. The van der Waals surface area contributed by atoms with E-state index in [0.717, 1.165) is 16.7 Å². The Hall–Kier alpha value is -4.10. The van der Waals surface area contributed by atoms with Gasteiger partial charge in [-0.15, -0.1) is 0 Å². The topological polar surface area (TPSA) is 133 Å². The SMILES string of the molecule is COc1cc([C@H]2OC(C)(C)OC[C@@H]2Oc2c(OC)cc([C@@H]3OC[C@@H]4[C@H]3CO[C@H]4c3cc(OC)c(O)c(OC)c3)cc2OC)ccc1O. The number of hydrogen-bond acceptors (Lipinski definition) is 12. The molecule has 6 atom stereocenters. The number of phenols is 2. The second kappa shape index (κ2) is 13.2. The zero-order valence-corrected chi connectivity index (χ0v) is 27.6. The Labute approximate surface area is 273 Å². The first kappa shape index (κ1) is 32.8. The van der Waals surface area contributed by atoms with Gasteiger partial charge in [-0.2, -0.15) is 0 Å². The van der Waals surface area contributed by atoms with Crippen LogP contribution >= 0.6 is 0 Å². The Bertz CT molecular complexity index is 1540. The predicted molar refractivity (Wildman–Crippen MR) is 168 cm³/mol. The summed E-state index contributed by atoms with van der Waals surface area (Å²) in [4.78, 5) is 0. The largest absolute Gasteiger partial charge is 0.504 e. The number of hydrogen-bond donors (Lipinski definition) is 2. The molecule has 0 spiro atoms. The second-order valence-corrected chi connectivity index (χ2v) is 12.2. The van der Waals surface area contributed by atoms with Crippen molar-refractivity contribution >= 4 is 0 Å². The van der Waals surface area contributed by atoms with Crippen LogP contribution in [0.3, 0.4) is 0 Å². The van der Waals surface area contributed by atoms with Gasteiger partial charge in [0, 0.05) is 11.8 Å². The summed E-state index contributed by atoms with van der Waals surface area (Å²) in [6, 6.07) is 12.4. The molecule has 3 aliphatic rings. The Morgan fingerprint density at radius 2 is 1.11 bits per heavy atom. The molecule has 0 bridgehead atoms. The van der Waals surface area contributed by atoms with Gasteiger partial charge >= 0.3 is 0 Å². The van der Waals surface area contributed by atoms with Gasteiger partial charge < -0.3 is 57.6 Å². The number of aromatic hydroxyl groups is 2. The predicted octanol–water partition coefficient (Wildman–Crippen LogP) is 5.49. The number of phenolic OH excluding ortho intramolecular Hbond substituents is 2. The van der Waals surface area contributed by atoms with Crippen LogP contribution in [0, 0.1) is 11.8 Å². The quantitative estimate of drug-likeness (QED) is 0.287. The van der Waals surface area contributed by atoms with Gasteiger partial charge in [0.1, 0.15) is 6.10 Å². The van der Waals surface area contributed by atoms with E-state index in [2.05, 4.69) is 0 Å². The van der Waals surface area contributed by atoms with Gasteiger partial charge in [-0.3, -0.25) is 0 Å². The number of methoxy groups -OCH3 is 5. The lowest BCUT2D eigenvalue weighted by atomic mass is 9.84. The van der Waals surface area contributed by atoms with Crippen molar-refractivity contribution in [2.45, 2.75) is 44.1 Å². The molecule has 0 radical (unpaired) electrons. The van der Waals surface area contributed by atoms with Crippen molar-refractivity contribution in [1.82, 2.24) is 0 Å². The average Bonchev–Trinajstić information content (AvgIpc) is 3.68. The molecule has 0 amide bonds. The fraction of sp³-hybridized carbons (Fsp3) is 0.486. The highest BCUT2D eigenvalue weighted by Crippen LogP contribution is 2.54. The maximum absolute atomic E-state index is 10.4. The molecule has 3 saturated heterocycles. The van der Waals surface area contributed by atoms with E-state index in [1.807, 2.05) is 26.0 Å². The first-order valence-corrected chi connectivity index (χ1v) is 15.4. The summed E-state index contributed by atoms with van der Waals surface area (Å²) in [5.41, 5.74) is 2.45. The molecular weight excluding hydrogens is 612 g/mol. The first-order chi connectivity index (χ1) is 22.6. The summed E-state index contributed by atoms with van der Waals surface area (Å²) >= 11 is 0. The van der Waals surface area contributed by atoms with Crippen LogP contribution < -0.4 is 28.4 Å². The Balaban J connectivity index is 1.27. The van der Waals surface area contributed by atoms with Gasteiger partial charge in [0.15, 0.2) is 46.4 Å². The third-order valence-electron chi connectivity index (χ3n) is 9.05. The van der Waals surface area contributed by atoms with E-state index in [9.17, 15) is 10.2 Å². The van der Waals surface area contributed by atoms with Gasteiger partial charge in [0.25, 0.3) is 0 Å². The van der Waals surface area contributed by atoms with Crippen molar-refractivity contribution in [2.24, 2.45) is 11.8 Å². The molecule has 6 rings (SSSR count). The van der Waals surface area contributed by atoms with Gasteiger partial charge in [-0.1, -0.05) is 6.07 Å². The van der Waals surface area contributed by atoms with Crippen molar-refractivity contribution in [3.63, 3.8) is 0 Å². The van der Waals surface area contributed by atoms with Crippen molar-refractivity contribution in [2.75, 3.05) is 55.4 Å². The van der Waals surface area contributed by atoms with E-state index in [1.54, 1.807) is 44.6 Å². The van der Waals surface area contributed by atoms with Gasteiger partial charge in [-0.05, 0) is 66.9 Å². The van der Waals surface area contributed by atoms with Crippen LogP contribution in [0.5, 0.6) is 46.0 Å². The third kappa shape index (κ3) is 6.18. The molecule has 254 valence electrons. The third-order valence-corrected chi connectivity index (χ3v) is 9.05. The summed E-state index contributed by atoms with van der Waals surface area (Å²) < 4.78 is 59.4. The summed E-state index contributed by atoms with van der Waals surface area (Å²) in [6.45, 7) is 4.84. The lowest BCUT2D eigenvalue weighted by molar-refractivity contribution is -0.302. The second-order valence-electron chi connectivity index (χ2n) is 12.2. The van der Waals surface area contributed by atoms with Crippen LogP contribution in [0.2, 0.25) is 0 Å². The van der Waals surface area contributed by atoms with Crippen molar-refractivity contribution in [3.05, 3.63) is 59.2 Å². The summed E-state index contributed by atoms with van der Waals surface area (Å²) in [5, 5.41) is 20.6. The van der Waals surface area contributed by atoms with E-state index in [0.29, 0.717) is 47.7 Å². The highest BCUT2D eigenvalue weighted by molar-refractivity contribution is 5.56. The molecule has 0 unspecified atom stereocenters. The van der Waals surface area contributed by atoms with Crippen molar-refractivity contribution < 1.29 is 57.6 Å². The fourth-order valence-electron chi connectivity index (χ4n) is 6.68. The Morgan fingerprint density at radius 1 is 0.617 bits per heavy atom. The lowest BCUT2D eigenvalue weighted by Gasteiger charge is -2.41. The highest BCUT2D eigenvalue weighted by atomic mass is 16.7. The smallest absolute Gasteiger partial charge is 0.204 e. The highest BCUT2D eigenvalue weighted by Gasteiger charge is 2.49. The molecule has 0 aromatic heterocycles. The van der Waals surface area contributed by atoms with Crippen LogP contribution in [0.4, 0.5) is 0 Å². The minimum absolute atomic E-state index is 0.0248. The van der Waals surface area contributed by atoms with Gasteiger partial charge in [0.2, 0.25) is 11.5 Å². The molecule has 3 heterocycles. The number of ether oxygens (including phenoxy) is 10. The standard InChI is InChI=1S/C35H42O12/c1-35(2)45-17-29(33(47-35)18-8-9-23(36)24(10-18)38-3)46-34-27(41-6)13-20(14-28(34)42-7)32-22-16-43-31(21(22)15-44-32)19-11-25(39-4)30(37)26(12-19)40-5/h8-14,21-22,29,31-33,36-37H,15-17H2,1-7H3/t21-,22-,29+,31+,32+,33-/m1/s1. The van der Waals surface area contributed by atoms with Gasteiger partial charge in [0.05, 0.1) is 67.6 Å². The van der Waals surface area contributed by atoms with Crippen LogP contribution in [0.15, 0.2) is 42.5 Å². The Kier molecular flexibility index (Phi) is 9.21. The molecule has 3 aliphatic heterocycles. The van der Waals surface area contributed by atoms with Crippen molar-refractivity contribution in [1.29, 1.82) is 0 Å². The lowest BCUT2D eigenvalue weighted by Crippen LogP contribution is -2.46. The van der Waals surface area contributed by atoms with E-state index in [1.165, 1.54) is 21.3 Å². The van der Waals surface area contributed by atoms with E-state index in [-0.39, 0.29) is 42.1 Å². The molecule has 3 aromatic rings. The van der Waals surface area contributed by atoms with Crippen LogP contribution in [0.1, 0.15) is 48.8 Å². The van der Waals surface area contributed by atoms with Crippen LogP contribution in [-0.2, 0) is 18.9 Å². The minimum Gasteiger partial charge on any atom is -0.504 e. The molecule has 2 N–H and O–H groups in total. The summed E-state index contributed by atoms with van der Waals surface area (Å²) in [5.74, 6) is 1.46. The zero-order valence-electron chi connectivity index (χ0n) is 27.6. The van der Waals surface area contributed by atoms with E-state index < -0.39 is 18.0 Å². The maximum atomic E-state index is 10.4. The molecule has 3 aromatic carbocycles. The van der Waals surface area contributed by atoms with Crippen LogP contribution in [0.25, 0.3) is 0 Å². The minimum atomic E-state index is -0.873. The number of fused-ring (bicyclic) bond motifs is 1. The fourth-order valence-corrected chi connectivity index (χ4v) is 6.68.